The Hall–Kier alpha value is -0.930. The van der Waals surface area contributed by atoms with Gasteiger partial charge >= 0.3 is 0 Å². The zero-order valence-corrected chi connectivity index (χ0v) is 13.0. The van der Waals surface area contributed by atoms with Crippen molar-refractivity contribution >= 4 is 26.3 Å². The zero-order chi connectivity index (χ0) is 15.2. The maximum Gasteiger partial charge on any atom is 0.263 e. The molecule has 4 nitrogen and oxygen atoms in total. The van der Waals surface area contributed by atoms with Crippen molar-refractivity contribution in [2.45, 2.75) is 59.3 Å². The fraction of sp³-hybridized carbons (Fsp3) is 0.846. The average molecular weight is 268 g/mol. The highest BCUT2D eigenvalue weighted by Gasteiger charge is 2.33. The molecule has 0 amide bonds. The van der Waals surface area contributed by atoms with Crippen molar-refractivity contribution in [3.05, 3.63) is 0 Å². The summed E-state index contributed by atoms with van der Waals surface area (Å²) in [7, 11) is 0.404. The van der Waals surface area contributed by atoms with Gasteiger partial charge in [-0.25, -0.2) is 0 Å². The SMILES string of the molecule is CC(C)OC(=O)BC(C(C)C)C(BC(=O)O)C(C)C. The van der Waals surface area contributed by atoms with Gasteiger partial charge in [0.05, 0.1) is 6.10 Å². The number of hydrogen-bond donors (Lipinski definition) is 1. The number of rotatable bonds is 8. The topological polar surface area (TPSA) is 63.6 Å². The van der Waals surface area contributed by atoms with Crippen LogP contribution in [0.3, 0.4) is 0 Å². The lowest BCUT2D eigenvalue weighted by atomic mass is 9.42. The molecule has 0 aromatic rings. The summed E-state index contributed by atoms with van der Waals surface area (Å²) in [5.41, 5.74) is 0. The molecule has 0 aromatic carbocycles. The fourth-order valence-electron chi connectivity index (χ4n) is 2.47. The molecule has 6 heteroatoms. The molecule has 19 heavy (non-hydrogen) atoms. The van der Waals surface area contributed by atoms with Crippen LogP contribution in [0.25, 0.3) is 0 Å². The van der Waals surface area contributed by atoms with Gasteiger partial charge in [-0.15, -0.1) is 0 Å². The van der Waals surface area contributed by atoms with Crippen molar-refractivity contribution in [2.24, 2.45) is 11.8 Å². The van der Waals surface area contributed by atoms with E-state index in [1.807, 2.05) is 41.5 Å². The van der Waals surface area contributed by atoms with Crippen molar-refractivity contribution in [2.75, 3.05) is 0 Å². The molecule has 2 unspecified atom stereocenters. The largest absolute Gasteiger partial charge is 0.489 e. The van der Waals surface area contributed by atoms with Crippen molar-refractivity contribution < 1.29 is 19.4 Å². The molecular weight excluding hydrogens is 242 g/mol. The fourth-order valence-corrected chi connectivity index (χ4v) is 2.47. The quantitative estimate of drug-likeness (QED) is 0.687. The molecule has 0 bridgehead atoms. The van der Waals surface area contributed by atoms with E-state index in [1.165, 1.54) is 0 Å². The van der Waals surface area contributed by atoms with Gasteiger partial charge in [0, 0.05) is 0 Å². The molecular formula is C13H26B2O4. The normalized spacial score (nSPS) is 14.4. The van der Waals surface area contributed by atoms with Gasteiger partial charge in [0.2, 0.25) is 11.7 Å². The first kappa shape index (κ1) is 18.1. The third kappa shape index (κ3) is 7.28. The number of carboxylic acid groups (broad SMARTS) is 1. The van der Waals surface area contributed by atoms with Crippen molar-refractivity contribution in [1.82, 2.24) is 0 Å². The Labute approximate surface area is 117 Å². The molecule has 0 aliphatic heterocycles. The Bertz CT molecular complexity index is 303. The number of ether oxygens (including phenoxy) is 1. The van der Waals surface area contributed by atoms with Crippen LogP contribution < -0.4 is 0 Å². The second kappa shape index (κ2) is 8.28. The van der Waals surface area contributed by atoms with Crippen LogP contribution in [0.4, 0.5) is 9.59 Å². The smallest absolute Gasteiger partial charge is 0.263 e. The molecule has 2 atom stereocenters. The van der Waals surface area contributed by atoms with Gasteiger partial charge in [0.15, 0.2) is 0 Å². The molecule has 0 saturated carbocycles. The molecule has 0 aromatic heterocycles. The van der Waals surface area contributed by atoms with Gasteiger partial charge in [-0.2, -0.15) is 0 Å². The van der Waals surface area contributed by atoms with Crippen LogP contribution in [0.15, 0.2) is 0 Å². The maximum absolute atomic E-state index is 11.8. The van der Waals surface area contributed by atoms with Gasteiger partial charge in [0.25, 0.3) is 14.6 Å². The molecule has 0 aliphatic rings. The van der Waals surface area contributed by atoms with E-state index < -0.39 is 5.87 Å². The third-order valence-electron chi connectivity index (χ3n) is 3.44. The van der Waals surface area contributed by atoms with Crippen LogP contribution >= 0.6 is 0 Å². The summed E-state index contributed by atoms with van der Waals surface area (Å²) in [6.07, 6.45) is -0.128. The Morgan fingerprint density at radius 3 is 1.63 bits per heavy atom. The summed E-state index contributed by atoms with van der Waals surface area (Å²) in [6.45, 7) is 11.7. The number of carbonyl (C=O) groups excluding carboxylic acids is 1. The van der Waals surface area contributed by atoms with Crippen LogP contribution in [0, 0.1) is 11.8 Å². The first-order chi connectivity index (χ1) is 8.65. The Balaban J connectivity index is 4.84. The van der Waals surface area contributed by atoms with Crippen LogP contribution in [0.5, 0.6) is 0 Å². The highest BCUT2D eigenvalue weighted by atomic mass is 16.5. The van der Waals surface area contributed by atoms with E-state index in [1.54, 1.807) is 0 Å². The molecule has 0 spiro atoms. The second-order valence-electron chi connectivity index (χ2n) is 6.16. The lowest BCUT2D eigenvalue weighted by Crippen LogP contribution is -2.32. The van der Waals surface area contributed by atoms with E-state index in [9.17, 15) is 9.59 Å². The van der Waals surface area contributed by atoms with E-state index in [0.29, 0.717) is 7.28 Å². The van der Waals surface area contributed by atoms with Crippen LogP contribution in [-0.2, 0) is 4.74 Å². The van der Waals surface area contributed by atoms with Gasteiger partial charge in [-0.05, 0) is 13.8 Å². The molecule has 0 radical (unpaired) electrons. The van der Waals surface area contributed by atoms with Crippen molar-refractivity contribution in [3.8, 4) is 0 Å². The summed E-state index contributed by atoms with van der Waals surface area (Å²) < 4.78 is 5.18. The zero-order valence-electron chi connectivity index (χ0n) is 13.0. The predicted octanol–water partition coefficient (Wildman–Crippen LogP) is 2.97. The molecule has 0 heterocycles. The van der Waals surface area contributed by atoms with Gasteiger partial charge in [-0.1, -0.05) is 51.2 Å². The Morgan fingerprint density at radius 2 is 1.32 bits per heavy atom. The Morgan fingerprint density at radius 1 is 0.895 bits per heavy atom. The minimum Gasteiger partial charge on any atom is -0.489 e. The highest BCUT2D eigenvalue weighted by Crippen LogP contribution is 2.36. The van der Waals surface area contributed by atoms with Crippen LogP contribution in [0.1, 0.15) is 41.5 Å². The molecule has 108 valence electrons. The van der Waals surface area contributed by atoms with E-state index in [4.69, 9.17) is 9.84 Å². The summed E-state index contributed by atoms with van der Waals surface area (Å²) in [5, 5.41) is 9.03. The van der Waals surface area contributed by atoms with Gasteiger partial charge in [0.1, 0.15) is 0 Å². The summed E-state index contributed by atoms with van der Waals surface area (Å²) >= 11 is 0. The minimum absolute atomic E-state index is 0.00258. The van der Waals surface area contributed by atoms with Crippen LogP contribution in [-0.4, -0.2) is 37.5 Å². The second-order valence-corrected chi connectivity index (χ2v) is 6.16. The van der Waals surface area contributed by atoms with Crippen molar-refractivity contribution in [3.63, 3.8) is 0 Å². The summed E-state index contributed by atoms with van der Waals surface area (Å²) in [4.78, 5) is 22.8. The molecule has 0 fully saturated rings. The molecule has 0 saturated heterocycles. The first-order valence-corrected chi connectivity index (χ1v) is 7.06. The third-order valence-corrected chi connectivity index (χ3v) is 3.44. The highest BCUT2D eigenvalue weighted by molar-refractivity contribution is 6.78. The molecule has 0 aliphatic carbocycles. The maximum atomic E-state index is 11.8. The van der Waals surface area contributed by atoms with Gasteiger partial charge in [-0.3, -0.25) is 9.59 Å². The summed E-state index contributed by atoms with van der Waals surface area (Å²) in [6, 6.07) is 0. The van der Waals surface area contributed by atoms with Gasteiger partial charge < -0.3 is 9.84 Å². The standard InChI is InChI=1S/C13H26B2O4/c1-7(2)10(14-12(16)17)11(8(3)4)15-13(18)19-9(5)6/h7-11,14-15H,1-6H3,(H,16,17). The number of hydrogen-bond acceptors (Lipinski definition) is 3. The minimum atomic E-state index is -0.804. The molecule has 1 N–H and O–H groups in total. The average Bonchev–Trinajstić information content (AvgIpc) is 2.20. The monoisotopic (exact) mass is 268 g/mol. The van der Waals surface area contributed by atoms with E-state index in [0.717, 1.165) is 0 Å². The lowest BCUT2D eigenvalue weighted by Gasteiger charge is -2.30. The predicted molar refractivity (Wildman–Crippen MR) is 81.1 cm³/mol. The van der Waals surface area contributed by atoms with E-state index in [-0.39, 0.29) is 42.7 Å². The lowest BCUT2D eigenvalue weighted by molar-refractivity contribution is 0.139. The van der Waals surface area contributed by atoms with Crippen LogP contribution in [0.2, 0.25) is 11.6 Å². The molecule has 0 rings (SSSR count). The summed E-state index contributed by atoms with van der Waals surface area (Å²) in [5.74, 6) is -0.507. The van der Waals surface area contributed by atoms with E-state index in [2.05, 4.69) is 0 Å². The number of carbonyl (C=O) groups is 2. The Kier molecular flexibility index (Phi) is 7.88. The first-order valence-electron chi connectivity index (χ1n) is 7.06. The van der Waals surface area contributed by atoms with E-state index >= 15 is 0 Å². The van der Waals surface area contributed by atoms with Crippen molar-refractivity contribution in [1.29, 1.82) is 0 Å².